The average molecular weight is 405 g/mol. The summed E-state index contributed by atoms with van der Waals surface area (Å²) in [6.07, 6.45) is 0.820. The van der Waals surface area contributed by atoms with Crippen molar-refractivity contribution in [2.75, 3.05) is 18.0 Å². The molecule has 7 nitrogen and oxygen atoms in total. The molecular formula is C23H23N3O4. The Labute approximate surface area is 174 Å². The maximum Gasteiger partial charge on any atom is 0.261 e. The average Bonchev–Trinajstić information content (AvgIpc) is 3.21. The number of fused-ring (bicyclic) bond motifs is 1. The summed E-state index contributed by atoms with van der Waals surface area (Å²) in [6, 6.07) is 14.2. The Balaban J connectivity index is 1.26. The Hall–Kier alpha value is -3.48. The molecule has 0 aromatic heterocycles. The van der Waals surface area contributed by atoms with Crippen molar-refractivity contribution in [3.05, 3.63) is 65.2 Å². The molecule has 1 fully saturated rings. The van der Waals surface area contributed by atoms with Crippen molar-refractivity contribution in [3.8, 4) is 0 Å². The number of carbonyl (C=O) groups is 4. The van der Waals surface area contributed by atoms with Crippen LogP contribution < -0.4 is 10.2 Å². The third kappa shape index (κ3) is 3.83. The summed E-state index contributed by atoms with van der Waals surface area (Å²) < 4.78 is 0. The largest absolute Gasteiger partial charge is 0.351 e. The van der Waals surface area contributed by atoms with Crippen LogP contribution in [0.5, 0.6) is 0 Å². The standard InChI is InChI=1S/C23H23N3O4/c1-15-8-10-17(11-9-15)26-14-16(13-21(26)28)24-20(27)7-4-12-25-22(29)18-5-2-3-6-19(18)23(25)30/h2-3,5-6,8-11,16H,4,7,12-14H2,1H3,(H,24,27). The molecule has 2 aliphatic heterocycles. The molecule has 2 aromatic carbocycles. The van der Waals surface area contributed by atoms with E-state index in [2.05, 4.69) is 5.32 Å². The SMILES string of the molecule is Cc1ccc(N2CC(NC(=O)CCCN3C(=O)c4ccccc4C3=O)CC2=O)cc1. The zero-order valence-electron chi connectivity index (χ0n) is 16.8. The minimum atomic E-state index is -0.314. The monoisotopic (exact) mass is 405 g/mol. The quantitative estimate of drug-likeness (QED) is 0.747. The van der Waals surface area contributed by atoms with Crippen LogP contribution in [0, 0.1) is 6.92 Å². The molecule has 1 N–H and O–H groups in total. The van der Waals surface area contributed by atoms with E-state index in [1.165, 1.54) is 4.90 Å². The number of nitrogens with one attached hydrogen (secondary N) is 1. The van der Waals surface area contributed by atoms with Crippen molar-refractivity contribution >= 4 is 29.3 Å². The number of aryl methyl sites for hydroxylation is 1. The third-order valence-corrected chi connectivity index (χ3v) is 5.50. The predicted molar refractivity (Wildman–Crippen MR) is 111 cm³/mol. The summed E-state index contributed by atoms with van der Waals surface area (Å²) in [4.78, 5) is 52.2. The van der Waals surface area contributed by atoms with Gasteiger partial charge in [0.15, 0.2) is 0 Å². The van der Waals surface area contributed by atoms with E-state index in [-0.39, 0.29) is 49.1 Å². The summed E-state index contributed by atoms with van der Waals surface area (Å²) in [7, 11) is 0. The third-order valence-electron chi connectivity index (χ3n) is 5.50. The van der Waals surface area contributed by atoms with E-state index in [1.807, 2.05) is 31.2 Å². The molecule has 0 radical (unpaired) electrons. The second kappa shape index (κ2) is 8.10. The highest BCUT2D eigenvalue weighted by molar-refractivity contribution is 6.21. The molecule has 4 amide bonds. The van der Waals surface area contributed by atoms with Crippen LogP contribution in [-0.4, -0.2) is 47.7 Å². The highest BCUT2D eigenvalue weighted by Gasteiger charge is 2.35. The smallest absolute Gasteiger partial charge is 0.261 e. The molecule has 30 heavy (non-hydrogen) atoms. The number of imide groups is 1. The van der Waals surface area contributed by atoms with Gasteiger partial charge >= 0.3 is 0 Å². The van der Waals surface area contributed by atoms with Crippen LogP contribution in [-0.2, 0) is 9.59 Å². The topological polar surface area (TPSA) is 86.8 Å². The van der Waals surface area contributed by atoms with Gasteiger partial charge in [0.05, 0.1) is 17.2 Å². The first kappa shape index (κ1) is 19.8. The number of anilines is 1. The lowest BCUT2D eigenvalue weighted by Crippen LogP contribution is -2.37. The number of hydrogen-bond acceptors (Lipinski definition) is 4. The summed E-state index contributed by atoms with van der Waals surface area (Å²) in [6.45, 7) is 2.62. The zero-order valence-corrected chi connectivity index (χ0v) is 16.8. The van der Waals surface area contributed by atoms with Gasteiger partial charge in [-0.15, -0.1) is 0 Å². The minimum Gasteiger partial charge on any atom is -0.351 e. The Morgan fingerprint density at radius 3 is 2.27 bits per heavy atom. The van der Waals surface area contributed by atoms with Crippen molar-refractivity contribution in [1.29, 1.82) is 0 Å². The van der Waals surface area contributed by atoms with Gasteiger partial charge in [0, 0.05) is 31.6 Å². The Bertz CT molecular complexity index is 980. The fourth-order valence-electron chi connectivity index (χ4n) is 3.92. The van der Waals surface area contributed by atoms with Crippen molar-refractivity contribution < 1.29 is 19.2 Å². The minimum absolute atomic E-state index is 0.0184. The van der Waals surface area contributed by atoms with E-state index in [4.69, 9.17) is 0 Å². The Morgan fingerprint density at radius 2 is 1.63 bits per heavy atom. The Kier molecular flexibility index (Phi) is 5.35. The zero-order chi connectivity index (χ0) is 21.3. The van der Waals surface area contributed by atoms with E-state index in [0.717, 1.165) is 11.3 Å². The van der Waals surface area contributed by atoms with Gasteiger partial charge in [-0.1, -0.05) is 29.8 Å². The van der Waals surface area contributed by atoms with Gasteiger partial charge in [-0.25, -0.2) is 0 Å². The molecule has 0 saturated carbocycles. The van der Waals surface area contributed by atoms with Crippen LogP contribution in [0.2, 0.25) is 0 Å². The molecule has 2 aliphatic rings. The van der Waals surface area contributed by atoms with Crippen LogP contribution in [0.25, 0.3) is 0 Å². The van der Waals surface area contributed by atoms with E-state index in [0.29, 0.717) is 24.1 Å². The fourth-order valence-corrected chi connectivity index (χ4v) is 3.92. The summed E-state index contributed by atoms with van der Waals surface area (Å²) in [5.74, 6) is -0.831. The maximum absolute atomic E-state index is 12.4. The second-order valence-corrected chi connectivity index (χ2v) is 7.72. The van der Waals surface area contributed by atoms with E-state index >= 15 is 0 Å². The van der Waals surface area contributed by atoms with Gasteiger partial charge in [-0.2, -0.15) is 0 Å². The van der Waals surface area contributed by atoms with Gasteiger partial charge in [-0.05, 0) is 37.6 Å². The van der Waals surface area contributed by atoms with Gasteiger partial charge in [0.1, 0.15) is 0 Å². The molecular weight excluding hydrogens is 382 g/mol. The molecule has 2 aromatic rings. The normalized spacial score (nSPS) is 18.2. The fraction of sp³-hybridized carbons (Fsp3) is 0.304. The maximum atomic E-state index is 12.4. The molecule has 0 aliphatic carbocycles. The number of amides is 4. The number of carbonyl (C=O) groups excluding carboxylic acids is 4. The van der Waals surface area contributed by atoms with Crippen LogP contribution in [0.15, 0.2) is 48.5 Å². The second-order valence-electron chi connectivity index (χ2n) is 7.72. The van der Waals surface area contributed by atoms with Gasteiger partial charge in [0.2, 0.25) is 11.8 Å². The van der Waals surface area contributed by atoms with E-state index in [1.54, 1.807) is 29.2 Å². The summed E-state index contributed by atoms with van der Waals surface area (Å²) in [5, 5.41) is 2.90. The van der Waals surface area contributed by atoms with Crippen molar-refractivity contribution in [2.45, 2.75) is 32.2 Å². The van der Waals surface area contributed by atoms with Gasteiger partial charge in [0.25, 0.3) is 11.8 Å². The first-order valence-electron chi connectivity index (χ1n) is 10.1. The molecule has 1 unspecified atom stereocenters. The first-order chi connectivity index (χ1) is 14.4. The number of rotatable bonds is 6. The Morgan fingerprint density at radius 1 is 1.00 bits per heavy atom. The van der Waals surface area contributed by atoms with Crippen molar-refractivity contribution in [3.63, 3.8) is 0 Å². The molecule has 1 atom stereocenters. The molecule has 4 rings (SSSR count). The van der Waals surface area contributed by atoms with E-state index in [9.17, 15) is 19.2 Å². The van der Waals surface area contributed by atoms with Gasteiger partial charge in [-0.3, -0.25) is 24.1 Å². The van der Waals surface area contributed by atoms with E-state index < -0.39 is 0 Å². The molecule has 7 heteroatoms. The molecule has 154 valence electrons. The van der Waals surface area contributed by atoms with Crippen molar-refractivity contribution in [2.24, 2.45) is 0 Å². The van der Waals surface area contributed by atoms with Crippen LogP contribution in [0.4, 0.5) is 5.69 Å². The molecule has 0 spiro atoms. The molecule has 0 bridgehead atoms. The lowest BCUT2D eigenvalue weighted by Gasteiger charge is -2.18. The van der Waals surface area contributed by atoms with Crippen molar-refractivity contribution in [1.82, 2.24) is 10.2 Å². The summed E-state index contributed by atoms with van der Waals surface area (Å²) >= 11 is 0. The number of nitrogens with zero attached hydrogens (tertiary/aromatic N) is 2. The van der Waals surface area contributed by atoms with Crippen LogP contribution in [0.3, 0.4) is 0 Å². The van der Waals surface area contributed by atoms with Crippen LogP contribution >= 0.6 is 0 Å². The lowest BCUT2D eigenvalue weighted by atomic mass is 10.1. The lowest BCUT2D eigenvalue weighted by molar-refractivity contribution is -0.121. The highest BCUT2D eigenvalue weighted by atomic mass is 16.2. The summed E-state index contributed by atoms with van der Waals surface area (Å²) in [5.41, 5.74) is 2.77. The predicted octanol–water partition coefficient (Wildman–Crippen LogP) is 2.29. The van der Waals surface area contributed by atoms with Gasteiger partial charge < -0.3 is 10.2 Å². The van der Waals surface area contributed by atoms with Crippen LogP contribution in [0.1, 0.15) is 45.5 Å². The molecule has 1 saturated heterocycles. The molecule has 2 heterocycles. The first-order valence-corrected chi connectivity index (χ1v) is 10.1. The highest BCUT2D eigenvalue weighted by Crippen LogP contribution is 2.23. The number of benzene rings is 2. The number of hydrogen-bond donors (Lipinski definition) is 1.